The maximum Gasteiger partial charge on any atom is 0.222 e. The van der Waals surface area contributed by atoms with Crippen molar-refractivity contribution in [2.75, 3.05) is 13.1 Å². The highest BCUT2D eigenvalue weighted by Crippen LogP contribution is 2.26. The molecule has 1 N–H and O–H groups in total. The zero-order valence-corrected chi connectivity index (χ0v) is 13.4. The van der Waals surface area contributed by atoms with Gasteiger partial charge in [0.25, 0.3) is 0 Å². The van der Waals surface area contributed by atoms with Crippen LogP contribution in [0, 0.1) is 0 Å². The van der Waals surface area contributed by atoms with Gasteiger partial charge in [-0.15, -0.1) is 10.2 Å². The number of aromatic nitrogens is 5. The normalized spacial score (nSPS) is 18.2. The predicted molar refractivity (Wildman–Crippen MR) is 88.5 cm³/mol. The van der Waals surface area contributed by atoms with Gasteiger partial charge in [-0.25, -0.2) is 0 Å². The molecule has 1 unspecified atom stereocenters. The lowest BCUT2D eigenvalue weighted by Crippen LogP contribution is -2.39. The van der Waals surface area contributed by atoms with Crippen LogP contribution in [0.15, 0.2) is 36.8 Å². The van der Waals surface area contributed by atoms with Crippen molar-refractivity contribution in [3.63, 3.8) is 0 Å². The number of aromatic amines is 1. The maximum absolute atomic E-state index is 12.5. The summed E-state index contributed by atoms with van der Waals surface area (Å²) in [5.74, 6) is 1.40. The highest BCUT2D eigenvalue weighted by Gasteiger charge is 2.27. The lowest BCUT2D eigenvalue weighted by atomic mass is 9.96. The molecule has 0 saturated carbocycles. The van der Waals surface area contributed by atoms with Crippen LogP contribution in [-0.2, 0) is 11.2 Å². The summed E-state index contributed by atoms with van der Waals surface area (Å²) < 4.78 is 2.03. The molecule has 0 aliphatic carbocycles. The fourth-order valence-electron chi connectivity index (χ4n) is 3.38. The van der Waals surface area contributed by atoms with Gasteiger partial charge in [0.15, 0.2) is 5.65 Å². The Morgan fingerprint density at radius 1 is 1.33 bits per heavy atom. The number of aryl methyl sites for hydroxylation is 1. The molecule has 1 fully saturated rings. The van der Waals surface area contributed by atoms with Crippen LogP contribution >= 0.6 is 0 Å². The van der Waals surface area contributed by atoms with Crippen molar-refractivity contribution < 1.29 is 4.79 Å². The van der Waals surface area contributed by atoms with Crippen LogP contribution in [0.25, 0.3) is 5.65 Å². The first kappa shape index (κ1) is 14.9. The second kappa shape index (κ2) is 6.43. The largest absolute Gasteiger partial charge is 0.342 e. The average molecular weight is 324 g/mol. The monoisotopic (exact) mass is 324 g/mol. The van der Waals surface area contributed by atoms with E-state index < -0.39 is 0 Å². The van der Waals surface area contributed by atoms with E-state index in [1.54, 1.807) is 6.20 Å². The van der Waals surface area contributed by atoms with Crippen LogP contribution < -0.4 is 0 Å². The number of fused-ring (bicyclic) bond motifs is 1. The molecular weight excluding hydrogens is 304 g/mol. The number of piperidine rings is 1. The van der Waals surface area contributed by atoms with Crippen LogP contribution in [0.3, 0.4) is 0 Å². The molecule has 0 spiro atoms. The van der Waals surface area contributed by atoms with Gasteiger partial charge in [0.05, 0.1) is 6.20 Å². The van der Waals surface area contributed by atoms with Crippen molar-refractivity contribution in [1.29, 1.82) is 0 Å². The lowest BCUT2D eigenvalue weighted by molar-refractivity contribution is -0.132. The van der Waals surface area contributed by atoms with Crippen molar-refractivity contribution in [1.82, 2.24) is 29.7 Å². The van der Waals surface area contributed by atoms with Gasteiger partial charge in [-0.2, -0.15) is 5.10 Å². The van der Waals surface area contributed by atoms with Crippen molar-refractivity contribution in [3.05, 3.63) is 48.2 Å². The summed E-state index contributed by atoms with van der Waals surface area (Å²) in [7, 11) is 0. The van der Waals surface area contributed by atoms with E-state index in [-0.39, 0.29) is 11.8 Å². The first-order valence-corrected chi connectivity index (χ1v) is 8.36. The number of H-pyrrole nitrogens is 1. The van der Waals surface area contributed by atoms with Crippen LogP contribution in [0.2, 0.25) is 0 Å². The van der Waals surface area contributed by atoms with E-state index in [4.69, 9.17) is 0 Å². The van der Waals surface area contributed by atoms with Crippen LogP contribution in [0.4, 0.5) is 0 Å². The standard InChI is InChI=1S/C17H20N6O/c24-16(7-6-13-10-18-19-11-13)22-8-3-4-14(12-22)17-21-20-15-5-1-2-9-23(15)17/h1-2,5,9-11,14H,3-4,6-8,12H2,(H,18,19). The number of pyridine rings is 1. The van der Waals surface area contributed by atoms with E-state index in [1.165, 1.54) is 0 Å². The molecule has 124 valence electrons. The molecule has 3 aromatic rings. The molecule has 7 nitrogen and oxygen atoms in total. The van der Waals surface area contributed by atoms with E-state index in [2.05, 4.69) is 20.4 Å². The smallest absolute Gasteiger partial charge is 0.222 e. The van der Waals surface area contributed by atoms with Crippen molar-refractivity contribution in [3.8, 4) is 0 Å². The summed E-state index contributed by atoms with van der Waals surface area (Å²) in [4.78, 5) is 14.5. The van der Waals surface area contributed by atoms with Gasteiger partial charge in [-0.3, -0.25) is 14.3 Å². The third-order valence-electron chi connectivity index (χ3n) is 4.66. The fraction of sp³-hybridized carbons (Fsp3) is 0.412. The second-order valence-corrected chi connectivity index (χ2v) is 6.27. The number of carbonyl (C=O) groups excluding carboxylic acids is 1. The van der Waals surface area contributed by atoms with E-state index in [9.17, 15) is 4.79 Å². The highest BCUT2D eigenvalue weighted by atomic mass is 16.2. The molecule has 3 aromatic heterocycles. The van der Waals surface area contributed by atoms with Gasteiger partial charge in [-0.1, -0.05) is 6.07 Å². The average Bonchev–Trinajstić information content (AvgIpc) is 3.29. The fourth-order valence-corrected chi connectivity index (χ4v) is 3.38. The molecule has 7 heteroatoms. The molecule has 4 heterocycles. The Hall–Kier alpha value is -2.70. The molecule has 24 heavy (non-hydrogen) atoms. The van der Waals surface area contributed by atoms with E-state index in [0.29, 0.717) is 6.42 Å². The number of nitrogens with zero attached hydrogens (tertiary/aromatic N) is 5. The molecule has 0 bridgehead atoms. The summed E-state index contributed by atoms with van der Waals surface area (Å²) in [6, 6.07) is 5.89. The van der Waals surface area contributed by atoms with E-state index >= 15 is 0 Å². The van der Waals surface area contributed by atoms with Gasteiger partial charge in [0.2, 0.25) is 5.91 Å². The summed E-state index contributed by atoms with van der Waals surface area (Å²) in [6.07, 6.45) is 8.90. The molecular formula is C17H20N6O. The molecule has 4 rings (SSSR count). The molecule has 1 amide bonds. The Kier molecular flexibility index (Phi) is 3.98. The summed E-state index contributed by atoms with van der Waals surface area (Å²) in [6.45, 7) is 1.55. The van der Waals surface area contributed by atoms with Gasteiger partial charge >= 0.3 is 0 Å². The number of nitrogens with one attached hydrogen (secondary N) is 1. The minimum atomic E-state index is 0.203. The minimum Gasteiger partial charge on any atom is -0.342 e. The summed E-state index contributed by atoms with van der Waals surface area (Å²) >= 11 is 0. The number of amides is 1. The van der Waals surface area contributed by atoms with Crippen LogP contribution in [0.1, 0.15) is 36.6 Å². The highest BCUT2D eigenvalue weighted by molar-refractivity contribution is 5.76. The third-order valence-corrected chi connectivity index (χ3v) is 4.66. The number of carbonyl (C=O) groups is 1. The van der Waals surface area contributed by atoms with Crippen LogP contribution in [0.5, 0.6) is 0 Å². The van der Waals surface area contributed by atoms with E-state index in [0.717, 1.165) is 49.4 Å². The molecule has 1 saturated heterocycles. The third kappa shape index (κ3) is 2.89. The van der Waals surface area contributed by atoms with E-state index in [1.807, 2.05) is 39.9 Å². The van der Waals surface area contributed by atoms with Crippen molar-refractivity contribution in [2.24, 2.45) is 0 Å². The first-order valence-electron chi connectivity index (χ1n) is 8.36. The molecule has 1 aliphatic rings. The number of rotatable bonds is 4. The lowest BCUT2D eigenvalue weighted by Gasteiger charge is -2.32. The molecule has 1 aliphatic heterocycles. The van der Waals surface area contributed by atoms with Gasteiger partial charge in [0.1, 0.15) is 5.82 Å². The van der Waals surface area contributed by atoms with Crippen molar-refractivity contribution in [2.45, 2.75) is 31.6 Å². The number of hydrogen-bond donors (Lipinski definition) is 1. The number of hydrogen-bond acceptors (Lipinski definition) is 4. The summed E-state index contributed by atoms with van der Waals surface area (Å²) in [5, 5.41) is 15.3. The first-order chi connectivity index (χ1) is 11.8. The SMILES string of the molecule is O=C(CCc1cn[nH]c1)N1CCCC(c2nnc3ccccn23)C1. The summed E-state index contributed by atoms with van der Waals surface area (Å²) in [5.41, 5.74) is 1.93. The predicted octanol–water partition coefficient (Wildman–Crippen LogP) is 1.79. The zero-order chi connectivity index (χ0) is 16.4. The van der Waals surface area contributed by atoms with Gasteiger partial charge < -0.3 is 4.90 Å². The Bertz CT molecular complexity index is 825. The molecule has 0 radical (unpaired) electrons. The van der Waals surface area contributed by atoms with Crippen LogP contribution in [-0.4, -0.2) is 48.7 Å². The number of likely N-dealkylation sites (tertiary alicyclic amines) is 1. The Morgan fingerprint density at radius 2 is 2.29 bits per heavy atom. The van der Waals surface area contributed by atoms with Crippen molar-refractivity contribution >= 4 is 11.6 Å². The molecule has 1 atom stereocenters. The maximum atomic E-state index is 12.5. The van der Waals surface area contributed by atoms with Gasteiger partial charge in [0, 0.05) is 37.8 Å². The topological polar surface area (TPSA) is 79.2 Å². The Labute approximate surface area is 139 Å². The molecule has 0 aromatic carbocycles. The Balaban J connectivity index is 1.44. The second-order valence-electron chi connectivity index (χ2n) is 6.27. The van der Waals surface area contributed by atoms with Gasteiger partial charge in [-0.05, 0) is 37.0 Å². The zero-order valence-electron chi connectivity index (χ0n) is 13.4. The Morgan fingerprint density at radius 3 is 3.17 bits per heavy atom. The minimum absolute atomic E-state index is 0.203. The quantitative estimate of drug-likeness (QED) is 0.793.